The summed E-state index contributed by atoms with van der Waals surface area (Å²) in [7, 11) is 0. The number of benzene rings is 1. The van der Waals surface area contributed by atoms with Crippen molar-refractivity contribution in [1.29, 1.82) is 0 Å². The molecule has 0 spiro atoms. The van der Waals surface area contributed by atoms with E-state index in [1.54, 1.807) is 6.92 Å². The minimum Gasteiger partial charge on any atom is -0.481 e. The molecule has 0 fully saturated rings. The summed E-state index contributed by atoms with van der Waals surface area (Å²) in [6.45, 7) is 2.02. The molecule has 80 valence electrons. The van der Waals surface area contributed by atoms with E-state index in [4.69, 9.17) is 14.6 Å². The normalized spacial score (nSPS) is 24.1. The van der Waals surface area contributed by atoms with E-state index >= 15 is 0 Å². The number of carboxylic acids is 1. The van der Waals surface area contributed by atoms with Gasteiger partial charge in [-0.1, -0.05) is 18.2 Å². The van der Waals surface area contributed by atoms with E-state index in [-0.39, 0.29) is 6.42 Å². The van der Waals surface area contributed by atoms with Crippen molar-refractivity contribution in [2.24, 2.45) is 0 Å². The molecule has 1 atom stereocenters. The molecule has 4 heteroatoms. The number of carbonyl (C=O) groups is 1. The Hall–Kier alpha value is -1.55. The minimum absolute atomic E-state index is 0.165. The summed E-state index contributed by atoms with van der Waals surface area (Å²) in [4.78, 5) is 10.6. The lowest BCUT2D eigenvalue weighted by Gasteiger charge is -2.34. The van der Waals surface area contributed by atoms with Crippen LogP contribution in [0.5, 0.6) is 5.75 Å². The van der Waals surface area contributed by atoms with Crippen molar-refractivity contribution >= 4 is 5.97 Å². The van der Waals surface area contributed by atoms with Gasteiger partial charge in [0.05, 0.1) is 6.61 Å². The first-order valence-corrected chi connectivity index (χ1v) is 4.72. The number of hydrogen-bond donors (Lipinski definition) is 1. The Morgan fingerprint density at radius 3 is 3.00 bits per heavy atom. The highest BCUT2D eigenvalue weighted by Crippen LogP contribution is 2.32. The molecule has 1 aliphatic rings. The highest BCUT2D eigenvalue weighted by Gasteiger charge is 2.34. The van der Waals surface area contributed by atoms with E-state index in [1.165, 1.54) is 0 Å². The van der Waals surface area contributed by atoms with Crippen LogP contribution in [0.4, 0.5) is 0 Å². The standard InChI is InChI=1S/C11H12O4/c1-11(6-10(12)13)14-7-8-4-2-3-5-9(8)15-11/h2-5H,6-7H2,1H3,(H,12,13). The molecule has 0 bridgehead atoms. The number of para-hydroxylation sites is 1. The van der Waals surface area contributed by atoms with Crippen LogP contribution in [-0.2, 0) is 16.1 Å². The third kappa shape index (κ3) is 2.10. The second kappa shape index (κ2) is 3.55. The molecular weight excluding hydrogens is 196 g/mol. The molecule has 0 radical (unpaired) electrons. The van der Waals surface area contributed by atoms with E-state index in [1.807, 2.05) is 24.3 Å². The first-order valence-electron chi connectivity index (χ1n) is 4.72. The average Bonchev–Trinajstić information content (AvgIpc) is 2.15. The maximum atomic E-state index is 10.6. The molecule has 1 unspecified atom stereocenters. The molecule has 4 nitrogen and oxygen atoms in total. The maximum Gasteiger partial charge on any atom is 0.310 e. The quantitative estimate of drug-likeness (QED) is 0.804. The zero-order valence-corrected chi connectivity index (χ0v) is 8.40. The largest absolute Gasteiger partial charge is 0.481 e. The summed E-state index contributed by atoms with van der Waals surface area (Å²) in [6.07, 6.45) is -0.165. The summed E-state index contributed by atoms with van der Waals surface area (Å²) >= 11 is 0. The summed E-state index contributed by atoms with van der Waals surface area (Å²) in [5.74, 6) is -1.29. The van der Waals surface area contributed by atoms with Crippen molar-refractivity contribution in [1.82, 2.24) is 0 Å². The fraction of sp³-hybridized carbons (Fsp3) is 0.364. The van der Waals surface area contributed by atoms with Gasteiger partial charge in [0.1, 0.15) is 12.2 Å². The molecule has 0 saturated heterocycles. The van der Waals surface area contributed by atoms with Gasteiger partial charge in [-0.05, 0) is 6.07 Å². The highest BCUT2D eigenvalue weighted by atomic mass is 16.7. The molecule has 15 heavy (non-hydrogen) atoms. The number of carboxylic acid groups (broad SMARTS) is 1. The van der Waals surface area contributed by atoms with Crippen molar-refractivity contribution in [3.63, 3.8) is 0 Å². The molecule has 1 aromatic rings. The van der Waals surface area contributed by atoms with Crippen LogP contribution < -0.4 is 4.74 Å². The van der Waals surface area contributed by atoms with E-state index in [9.17, 15) is 4.79 Å². The number of ether oxygens (including phenoxy) is 2. The third-order valence-electron chi connectivity index (χ3n) is 2.30. The first-order chi connectivity index (χ1) is 7.09. The van der Waals surface area contributed by atoms with Crippen molar-refractivity contribution in [3.05, 3.63) is 29.8 Å². The zero-order chi connectivity index (χ0) is 10.9. The Labute approximate surface area is 87.4 Å². The van der Waals surface area contributed by atoms with Gasteiger partial charge in [-0.2, -0.15) is 0 Å². The van der Waals surface area contributed by atoms with Crippen molar-refractivity contribution in [3.8, 4) is 5.75 Å². The molecule has 0 saturated carbocycles. The monoisotopic (exact) mass is 208 g/mol. The van der Waals surface area contributed by atoms with Crippen molar-refractivity contribution in [2.45, 2.75) is 25.7 Å². The first kappa shape index (κ1) is 9.98. The third-order valence-corrected chi connectivity index (χ3v) is 2.30. The number of fused-ring (bicyclic) bond motifs is 1. The van der Waals surface area contributed by atoms with Gasteiger partial charge in [-0.15, -0.1) is 0 Å². The van der Waals surface area contributed by atoms with E-state index in [0.29, 0.717) is 12.4 Å². The summed E-state index contributed by atoms with van der Waals surface area (Å²) in [5.41, 5.74) is 0.945. The van der Waals surface area contributed by atoms with E-state index in [2.05, 4.69) is 0 Å². The van der Waals surface area contributed by atoms with Gasteiger partial charge in [0.2, 0.25) is 5.79 Å². The second-order valence-corrected chi connectivity index (χ2v) is 3.70. The number of aliphatic carboxylic acids is 1. The molecule has 1 heterocycles. The summed E-state index contributed by atoms with van der Waals surface area (Å²) < 4.78 is 10.9. The smallest absolute Gasteiger partial charge is 0.310 e. The summed E-state index contributed by atoms with van der Waals surface area (Å²) in [5, 5.41) is 8.72. The maximum absolute atomic E-state index is 10.6. The topological polar surface area (TPSA) is 55.8 Å². The predicted octanol–water partition coefficient (Wildman–Crippen LogP) is 1.79. The van der Waals surface area contributed by atoms with Crippen LogP contribution in [0, 0.1) is 0 Å². The van der Waals surface area contributed by atoms with Gasteiger partial charge in [-0.25, -0.2) is 0 Å². The van der Waals surface area contributed by atoms with Gasteiger partial charge in [0.15, 0.2) is 0 Å². The molecule has 1 aromatic carbocycles. The van der Waals surface area contributed by atoms with Crippen LogP contribution in [0.25, 0.3) is 0 Å². The zero-order valence-electron chi connectivity index (χ0n) is 8.40. The van der Waals surface area contributed by atoms with Gasteiger partial charge in [0, 0.05) is 12.5 Å². The Morgan fingerprint density at radius 2 is 2.27 bits per heavy atom. The lowest BCUT2D eigenvalue weighted by atomic mass is 10.1. The Balaban J connectivity index is 2.21. The predicted molar refractivity (Wildman–Crippen MR) is 52.5 cm³/mol. The van der Waals surface area contributed by atoms with Crippen LogP contribution in [0.2, 0.25) is 0 Å². The average molecular weight is 208 g/mol. The fourth-order valence-corrected chi connectivity index (χ4v) is 1.58. The van der Waals surface area contributed by atoms with Crippen LogP contribution in [0.1, 0.15) is 18.9 Å². The lowest BCUT2D eigenvalue weighted by molar-refractivity contribution is -0.203. The highest BCUT2D eigenvalue weighted by molar-refractivity contribution is 5.67. The van der Waals surface area contributed by atoms with Crippen LogP contribution >= 0.6 is 0 Å². The van der Waals surface area contributed by atoms with Crippen molar-refractivity contribution in [2.75, 3.05) is 0 Å². The van der Waals surface area contributed by atoms with Gasteiger partial charge in [-0.3, -0.25) is 4.79 Å². The van der Waals surface area contributed by atoms with Crippen molar-refractivity contribution < 1.29 is 19.4 Å². The van der Waals surface area contributed by atoms with Gasteiger partial charge in [0.25, 0.3) is 0 Å². The fourth-order valence-electron chi connectivity index (χ4n) is 1.58. The summed E-state index contributed by atoms with van der Waals surface area (Å²) in [6, 6.07) is 7.46. The number of rotatable bonds is 2. The lowest BCUT2D eigenvalue weighted by Crippen LogP contribution is -2.40. The molecule has 0 aliphatic carbocycles. The molecule has 1 aliphatic heterocycles. The van der Waals surface area contributed by atoms with Crippen LogP contribution in [0.15, 0.2) is 24.3 Å². The molecule has 0 amide bonds. The molecular formula is C11H12O4. The van der Waals surface area contributed by atoms with E-state index < -0.39 is 11.8 Å². The molecule has 2 rings (SSSR count). The Bertz CT molecular complexity index is 388. The second-order valence-electron chi connectivity index (χ2n) is 3.70. The minimum atomic E-state index is -1.06. The van der Waals surface area contributed by atoms with Gasteiger partial charge < -0.3 is 14.6 Å². The Morgan fingerprint density at radius 1 is 1.53 bits per heavy atom. The Kier molecular flexibility index (Phi) is 2.36. The molecule has 0 aromatic heterocycles. The van der Waals surface area contributed by atoms with Crippen LogP contribution in [-0.4, -0.2) is 16.9 Å². The SMILES string of the molecule is CC1(CC(=O)O)OCc2ccccc2O1. The van der Waals surface area contributed by atoms with E-state index in [0.717, 1.165) is 5.56 Å². The molecule has 1 N–H and O–H groups in total. The number of hydrogen-bond acceptors (Lipinski definition) is 3. The van der Waals surface area contributed by atoms with Crippen LogP contribution in [0.3, 0.4) is 0 Å². The van der Waals surface area contributed by atoms with Gasteiger partial charge >= 0.3 is 5.97 Å².